The lowest BCUT2D eigenvalue weighted by atomic mass is 10.2. The van der Waals surface area contributed by atoms with E-state index in [0.717, 1.165) is 45.5 Å². The second-order valence-corrected chi connectivity index (χ2v) is 17.8. The van der Waals surface area contributed by atoms with E-state index in [1.807, 2.05) is 93.6 Å². The zero-order valence-corrected chi connectivity index (χ0v) is 38.5. The number of hydrogen-bond acceptors (Lipinski definition) is 14. The minimum Gasteiger partial charge on any atom is -0.468 e. The van der Waals surface area contributed by atoms with Crippen LogP contribution in [0.5, 0.6) is 0 Å². The summed E-state index contributed by atoms with van der Waals surface area (Å²) in [5.74, 6) is -0.347. The first-order valence-corrected chi connectivity index (χ1v) is 22.1. The second kappa shape index (κ2) is 19.7. The van der Waals surface area contributed by atoms with Gasteiger partial charge in [-0.15, -0.1) is 0 Å². The van der Waals surface area contributed by atoms with Crippen molar-refractivity contribution in [2.75, 3.05) is 7.11 Å². The molecule has 0 aliphatic rings. The molecular weight excluding hydrogens is 889 g/mol. The van der Waals surface area contributed by atoms with Crippen LogP contribution in [0.1, 0.15) is 37.5 Å². The van der Waals surface area contributed by atoms with Crippen molar-refractivity contribution in [3.8, 4) is 17.1 Å². The number of nitrogens with one attached hydrogen (secondary N) is 4. The molecule has 0 aliphatic heterocycles. The lowest BCUT2D eigenvalue weighted by molar-refractivity contribution is -0.139. The number of ketones is 1. The first-order valence-electron chi connectivity index (χ1n) is 19.9. The molecule has 18 nitrogen and oxygen atoms in total. The van der Waals surface area contributed by atoms with E-state index < -0.39 is 5.25 Å². The van der Waals surface area contributed by atoms with Gasteiger partial charge in [0.25, 0.3) is 16.7 Å². The SMILES string of the molecule is CC(=O)C(C)Sc1nc2c(cnn2-c2cccc(C)c2)c(=O)[nH]1.COC(=O)C(C)Sc1nc2c(cnn2-c2cccc(C)c2)c(=O)[nH]1.Cc1cccc(-n2ncc3c(=O)[nH]c(=S)[nH]c32)c1. The molecule has 2 unspecified atom stereocenters. The van der Waals surface area contributed by atoms with E-state index in [1.54, 1.807) is 27.9 Å². The van der Waals surface area contributed by atoms with Gasteiger partial charge in [0.1, 0.15) is 32.8 Å². The third-order valence-corrected chi connectivity index (χ3v) is 12.0. The Morgan fingerprint density at radius 2 is 1.03 bits per heavy atom. The largest absolute Gasteiger partial charge is 0.468 e. The van der Waals surface area contributed by atoms with Crippen LogP contribution < -0.4 is 16.7 Å². The highest BCUT2D eigenvalue weighted by Crippen LogP contribution is 2.24. The quantitative estimate of drug-likeness (QED) is 0.0514. The van der Waals surface area contributed by atoms with Gasteiger partial charge < -0.3 is 19.7 Å². The molecule has 0 amide bonds. The van der Waals surface area contributed by atoms with Crippen molar-refractivity contribution in [3.05, 3.63) is 144 Å². The Morgan fingerprint density at radius 1 is 0.615 bits per heavy atom. The minimum atomic E-state index is -0.481. The summed E-state index contributed by atoms with van der Waals surface area (Å²) in [6.07, 6.45) is 4.52. The summed E-state index contributed by atoms with van der Waals surface area (Å²) in [4.78, 5) is 79.0. The Hall–Kier alpha value is -7.23. The number of fused-ring (bicyclic) bond motifs is 3. The average molecular weight is 931 g/mol. The molecule has 6 heterocycles. The molecule has 0 fully saturated rings. The van der Waals surface area contributed by atoms with Crippen molar-refractivity contribution >= 4 is 80.6 Å². The third-order valence-electron chi connectivity index (χ3n) is 9.73. The number of aromatic nitrogens is 12. The number of thioether (sulfide) groups is 2. The van der Waals surface area contributed by atoms with Crippen LogP contribution in [0.25, 0.3) is 50.2 Å². The highest BCUT2D eigenvalue weighted by atomic mass is 32.2. The van der Waals surface area contributed by atoms with E-state index in [9.17, 15) is 24.0 Å². The standard InChI is InChI=1S/C16H16N4O3S.C16H16N4O2S.C12H10N4OS/c1-9-5-4-6-11(7-9)20-13-12(8-17-20)14(21)19-16(18-13)24-10(2)15(22)23-3;1-9-5-4-6-12(7-9)20-14-13(8-17-20)15(22)19-16(18-14)23-11(3)10(2)21;1-7-3-2-4-8(5-7)16-10-9(6-13-16)11(17)15-12(18)14-10/h4-8,10H,1-3H3,(H,18,19,21);4-8,11H,1-3H3,(H,18,19,22);2-6H,1H3,(H2,14,15,17,18). The number of Topliss-reactive ketones (excluding diaryl/α,β-unsaturated/α-hetero) is 1. The van der Waals surface area contributed by atoms with Crippen molar-refractivity contribution < 1.29 is 14.3 Å². The normalized spacial score (nSPS) is 12.0. The van der Waals surface area contributed by atoms with Gasteiger partial charge >= 0.3 is 5.97 Å². The Kier molecular flexibility index (Phi) is 13.8. The Bertz CT molecular complexity index is 3470. The fraction of sp³-hybridized carbons (Fsp3) is 0.205. The molecule has 0 saturated heterocycles. The first kappa shape index (κ1) is 45.8. The number of ether oxygens (including phenoxy) is 1. The van der Waals surface area contributed by atoms with Gasteiger partial charge in [0.2, 0.25) is 0 Å². The predicted molar refractivity (Wildman–Crippen MR) is 253 cm³/mol. The predicted octanol–water partition coefficient (Wildman–Crippen LogP) is 6.64. The van der Waals surface area contributed by atoms with Crippen molar-refractivity contribution in [1.29, 1.82) is 0 Å². The highest BCUT2D eigenvalue weighted by molar-refractivity contribution is 8.00. The molecule has 2 atom stereocenters. The monoisotopic (exact) mass is 930 g/mol. The summed E-state index contributed by atoms with van der Waals surface area (Å²) in [5.41, 5.74) is 6.61. The Labute approximate surface area is 382 Å². The van der Waals surface area contributed by atoms with Gasteiger partial charge in [0, 0.05) is 0 Å². The molecule has 21 heteroatoms. The molecule has 0 spiro atoms. The van der Waals surface area contributed by atoms with Gasteiger partial charge in [0.05, 0.1) is 48.0 Å². The fourth-order valence-electron chi connectivity index (χ4n) is 6.34. The van der Waals surface area contributed by atoms with Crippen LogP contribution in [0.2, 0.25) is 0 Å². The van der Waals surface area contributed by atoms with Crippen LogP contribution in [0, 0.1) is 25.5 Å². The van der Waals surface area contributed by atoms with Gasteiger partial charge in [-0.2, -0.15) is 15.3 Å². The highest BCUT2D eigenvalue weighted by Gasteiger charge is 2.19. The van der Waals surface area contributed by atoms with Crippen LogP contribution in [0.3, 0.4) is 0 Å². The number of hydrogen-bond donors (Lipinski definition) is 4. The summed E-state index contributed by atoms with van der Waals surface area (Å²) in [6, 6.07) is 23.4. The molecular formula is C44H42N12O6S3. The molecule has 3 aromatic carbocycles. The second-order valence-electron chi connectivity index (χ2n) is 14.7. The van der Waals surface area contributed by atoms with Gasteiger partial charge in [-0.1, -0.05) is 59.9 Å². The maximum atomic E-state index is 12.3. The Morgan fingerprint density at radius 3 is 1.48 bits per heavy atom. The number of benzene rings is 3. The number of nitrogens with zero attached hydrogens (tertiary/aromatic N) is 8. The fourth-order valence-corrected chi connectivity index (χ4v) is 8.14. The lowest BCUT2D eigenvalue weighted by Gasteiger charge is -2.08. The van der Waals surface area contributed by atoms with Crippen LogP contribution in [-0.4, -0.2) is 88.6 Å². The molecule has 0 radical (unpaired) electrons. The van der Waals surface area contributed by atoms with Crippen molar-refractivity contribution in [2.24, 2.45) is 0 Å². The number of rotatable bonds is 9. The number of methoxy groups -OCH3 is 1. The molecule has 9 rings (SSSR count). The number of carbonyl (C=O) groups is 2. The van der Waals surface area contributed by atoms with Crippen molar-refractivity contribution in [3.63, 3.8) is 0 Å². The topological polar surface area (TPSA) is 237 Å². The molecule has 4 N–H and O–H groups in total. The summed E-state index contributed by atoms with van der Waals surface area (Å²) in [7, 11) is 1.32. The lowest BCUT2D eigenvalue weighted by Crippen LogP contribution is -2.17. The zero-order chi connectivity index (χ0) is 46.5. The van der Waals surface area contributed by atoms with Crippen LogP contribution >= 0.6 is 35.7 Å². The summed E-state index contributed by atoms with van der Waals surface area (Å²) < 4.78 is 9.92. The molecule has 332 valence electrons. The van der Waals surface area contributed by atoms with Gasteiger partial charge in [0.15, 0.2) is 26.4 Å². The third kappa shape index (κ3) is 10.4. The van der Waals surface area contributed by atoms with Crippen LogP contribution in [0.4, 0.5) is 0 Å². The molecule has 9 aromatic rings. The van der Waals surface area contributed by atoms with E-state index in [4.69, 9.17) is 17.0 Å². The Balaban J connectivity index is 0.000000147. The molecule has 65 heavy (non-hydrogen) atoms. The number of esters is 1. The van der Waals surface area contributed by atoms with Crippen molar-refractivity contribution in [2.45, 2.75) is 62.4 Å². The van der Waals surface area contributed by atoms with Gasteiger partial charge in [-0.25, -0.2) is 24.0 Å². The van der Waals surface area contributed by atoms with E-state index in [0.29, 0.717) is 48.2 Å². The summed E-state index contributed by atoms with van der Waals surface area (Å²) in [5, 5.41) is 14.1. The van der Waals surface area contributed by atoms with E-state index in [1.165, 1.54) is 44.4 Å². The van der Waals surface area contributed by atoms with Crippen LogP contribution in [0.15, 0.2) is 116 Å². The maximum Gasteiger partial charge on any atom is 0.318 e. The molecule has 6 aromatic heterocycles. The molecule has 0 bridgehead atoms. The summed E-state index contributed by atoms with van der Waals surface area (Å²) >= 11 is 7.34. The molecule has 0 aliphatic carbocycles. The van der Waals surface area contributed by atoms with E-state index in [-0.39, 0.29) is 33.7 Å². The summed E-state index contributed by atoms with van der Waals surface area (Å²) in [6.45, 7) is 11.0. The van der Waals surface area contributed by atoms with E-state index >= 15 is 0 Å². The number of H-pyrrole nitrogens is 4. The molecule has 0 saturated carbocycles. The van der Waals surface area contributed by atoms with E-state index in [2.05, 4.69) is 45.2 Å². The zero-order valence-electron chi connectivity index (χ0n) is 36.1. The number of aromatic amines is 4. The van der Waals surface area contributed by atoms with Gasteiger partial charge in [-0.05, 0) is 107 Å². The smallest absolute Gasteiger partial charge is 0.318 e. The average Bonchev–Trinajstić information content (AvgIpc) is 4.02. The number of aryl methyl sites for hydroxylation is 3. The first-order chi connectivity index (χ1) is 31.1. The van der Waals surface area contributed by atoms with Gasteiger partial charge in [-0.3, -0.25) is 29.0 Å². The number of carbonyl (C=O) groups excluding carboxylic acids is 2. The maximum absolute atomic E-state index is 12.3. The van der Waals surface area contributed by atoms with Crippen molar-refractivity contribution in [1.82, 2.24) is 59.2 Å². The minimum absolute atomic E-state index is 0.0323. The van der Waals surface area contributed by atoms with Crippen LogP contribution in [-0.2, 0) is 14.3 Å².